The standard InChI is InChI=1S/C8H13NOS/c1-7(10)9-6-4-2-3-5-8(9)11/h2-6H2,1H3. The highest BCUT2D eigenvalue weighted by atomic mass is 32.1. The first-order chi connectivity index (χ1) is 5.22. The van der Waals surface area contributed by atoms with Crippen molar-refractivity contribution in [1.82, 2.24) is 4.90 Å². The molecule has 1 heterocycles. The summed E-state index contributed by atoms with van der Waals surface area (Å²) in [5.41, 5.74) is 0. The van der Waals surface area contributed by atoms with Gasteiger partial charge >= 0.3 is 0 Å². The molecule has 1 aliphatic heterocycles. The van der Waals surface area contributed by atoms with Crippen LogP contribution in [0.15, 0.2) is 0 Å². The molecule has 0 atom stereocenters. The van der Waals surface area contributed by atoms with Gasteiger partial charge in [-0.3, -0.25) is 4.79 Å². The molecule has 0 N–H and O–H groups in total. The van der Waals surface area contributed by atoms with E-state index in [9.17, 15) is 4.79 Å². The molecular formula is C8H13NOS. The highest BCUT2D eigenvalue weighted by Crippen LogP contribution is 2.12. The Morgan fingerprint density at radius 1 is 1.45 bits per heavy atom. The van der Waals surface area contributed by atoms with E-state index < -0.39 is 0 Å². The number of amides is 1. The quantitative estimate of drug-likeness (QED) is 0.517. The number of hydrogen-bond donors (Lipinski definition) is 0. The lowest BCUT2D eigenvalue weighted by atomic mass is 10.2. The fourth-order valence-corrected chi connectivity index (χ4v) is 1.68. The Bertz CT molecular complexity index is 179. The maximum Gasteiger partial charge on any atom is 0.224 e. The lowest BCUT2D eigenvalue weighted by Crippen LogP contribution is -2.33. The molecule has 0 unspecified atom stereocenters. The minimum Gasteiger partial charge on any atom is -0.307 e. The zero-order valence-corrected chi connectivity index (χ0v) is 7.62. The largest absolute Gasteiger partial charge is 0.307 e. The third kappa shape index (κ3) is 2.26. The van der Waals surface area contributed by atoms with Gasteiger partial charge in [-0.25, -0.2) is 0 Å². The first-order valence-electron chi connectivity index (χ1n) is 4.03. The number of thiocarbonyl (C=S) groups is 1. The second kappa shape index (κ2) is 3.81. The van der Waals surface area contributed by atoms with Gasteiger partial charge in [0.15, 0.2) is 0 Å². The van der Waals surface area contributed by atoms with E-state index in [1.807, 2.05) is 0 Å². The molecule has 0 radical (unpaired) electrons. The predicted molar refractivity (Wildman–Crippen MR) is 48.5 cm³/mol. The monoisotopic (exact) mass is 171 g/mol. The number of rotatable bonds is 0. The Hall–Kier alpha value is -0.440. The van der Waals surface area contributed by atoms with Crippen LogP contribution in [0.5, 0.6) is 0 Å². The normalized spacial score (nSPS) is 19.7. The lowest BCUT2D eigenvalue weighted by molar-refractivity contribution is -0.125. The Balaban J connectivity index is 2.59. The maximum absolute atomic E-state index is 11.0. The highest BCUT2D eigenvalue weighted by Gasteiger charge is 2.15. The van der Waals surface area contributed by atoms with Gasteiger partial charge in [0.05, 0.1) is 4.99 Å². The van der Waals surface area contributed by atoms with E-state index in [0.29, 0.717) is 0 Å². The van der Waals surface area contributed by atoms with Gasteiger partial charge in [-0.15, -0.1) is 0 Å². The van der Waals surface area contributed by atoms with E-state index in [-0.39, 0.29) is 5.91 Å². The van der Waals surface area contributed by atoms with Crippen LogP contribution in [0, 0.1) is 0 Å². The summed E-state index contributed by atoms with van der Waals surface area (Å²) in [6.45, 7) is 2.41. The molecule has 1 amide bonds. The fourth-order valence-electron chi connectivity index (χ4n) is 1.32. The fraction of sp³-hybridized carbons (Fsp3) is 0.750. The van der Waals surface area contributed by atoms with Gasteiger partial charge < -0.3 is 4.90 Å². The van der Waals surface area contributed by atoms with Gasteiger partial charge in [0.1, 0.15) is 0 Å². The molecule has 1 rings (SSSR count). The minimum atomic E-state index is 0.0944. The zero-order valence-electron chi connectivity index (χ0n) is 6.80. The average molecular weight is 171 g/mol. The van der Waals surface area contributed by atoms with E-state index >= 15 is 0 Å². The Kier molecular flexibility index (Phi) is 3.00. The topological polar surface area (TPSA) is 20.3 Å². The molecule has 62 valence electrons. The number of nitrogens with zero attached hydrogens (tertiary/aromatic N) is 1. The van der Waals surface area contributed by atoms with Gasteiger partial charge in [0.25, 0.3) is 0 Å². The van der Waals surface area contributed by atoms with Crippen molar-refractivity contribution in [2.75, 3.05) is 6.54 Å². The summed E-state index contributed by atoms with van der Waals surface area (Å²) in [5, 5.41) is 0. The van der Waals surface area contributed by atoms with E-state index in [2.05, 4.69) is 0 Å². The number of likely N-dealkylation sites (tertiary alicyclic amines) is 1. The SMILES string of the molecule is CC(=O)N1CCCCCC1=S. The molecule has 1 aliphatic rings. The van der Waals surface area contributed by atoms with Crippen LogP contribution in [0.3, 0.4) is 0 Å². The van der Waals surface area contributed by atoms with Crippen LogP contribution < -0.4 is 0 Å². The molecule has 0 saturated carbocycles. The summed E-state index contributed by atoms with van der Waals surface area (Å²) in [7, 11) is 0. The van der Waals surface area contributed by atoms with Crippen molar-refractivity contribution in [3.63, 3.8) is 0 Å². The van der Waals surface area contributed by atoms with Gasteiger partial charge in [0, 0.05) is 13.5 Å². The highest BCUT2D eigenvalue weighted by molar-refractivity contribution is 7.80. The Morgan fingerprint density at radius 2 is 2.18 bits per heavy atom. The summed E-state index contributed by atoms with van der Waals surface area (Å²) in [6, 6.07) is 0. The van der Waals surface area contributed by atoms with Crippen molar-refractivity contribution < 1.29 is 4.79 Å². The van der Waals surface area contributed by atoms with Gasteiger partial charge in [-0.2, -0.15) is 0 Å². The summed E-state index contributed by atoms with van der Waals surface area (Å²) < 4.78 is 0. The van der Waals surface area contributed by atoms with Gasteiger partial charge in [-0.05, 0) is 19.3 Å². The van der Waals surface area contributed by atoms with Crippen LogP contribution >= 0.6 is 12.2 Å². The third-order valence-corrected chi connectivity index (χ3v) is 2.38. The van der Waals surface area contributed by atoms with Crippen LogP contribution in [0.25, 0.3) is 0 Å². The van der Waals surface area contributed by atoms with Crippen LogP contribution in [-0.4, -0.2) is 22.3 Å². The molecule has 1 saturated heterocycles. The molecule has 0 spiro atoms. The van der Waals surface area contributed by atoms with Crippen molar-refractivity contribution >= 4 is 23.1 Å². The van der Waals surface area contributed by atoms with Crippen molar-refractivity contribution in [3.8, 4) is 0 Å². The van der Waals surface area contributed by atoms with Gasteiger partial charge in [-0.1, -0.05) is 18.6 Å². The van der Waals surface area contributed by atoms with Crippen LogP contribution in [0.4, 0.5) is 0 Å². The van der Waals surface area contributed by atoms with Crippen molar-refractivity contribution in [3.05, 3.63) is 0 Å². The predicted octanol–water partition coefficient (Wildman–Crippen LogP) is 1.74. The van der Waals surface area contributed by atoms with Crippen molar-refractivity contribution in [2.45, 2.75) is 32.6 Å². The molecule has 0 aromatic heterocycles. The van der Waals surface area contributed by atoms with Crippen molar-refractivity contribution in [1.29, 1.82) is 0 Å². The van der Waals surface area contributed by atoms with Crippen LogP contribution in [0.2, 0.25) is 0 Å². The molecule has 0 aromatic rings. The molecule has 2 nitrogen and oxygen atoms in total. The Morgan fingerprint density at radius 3 is 2.82 bits per heavy atom. The van der Waals surface area contributed by atoms with Gasteiger partial charge in [0.2, 0.25) is 5.91 Å². The Labute approximate surface area is 72.6 Å². The lowest BCUT2D eigenvalue weighted by Gasteiger charge is -2.18. The number of hydrogen-bond acceptors (Lipinski definition) is 2. The number of carbonyl (C=O) groups is 1. The number of carbonyl (C=O) groups excluding carboxylic acids is 1. The first kappa shape index (κ1) is 8.65. The first-order valence-corrected chi connectivity index (χ1v) is 4.43. The molecule has 0 aliphatic carbocycles. The maximum atomic E-state index is 11.0. The van der Waals surface area contributed by atoms with Crippen LogP contribution in [0.1, 0.15) is 32.6 Å². The van der Waals surface area contributed by atoms with E-state index in [1.54, 1.807) is 11.8 Å². The average Bonchev–Trinajstić information content (AvgIpc) is 2.13. The molecule has 0 bridgehead atoms. The zero-order chi connectivity index (χ0) is 8.27. The van der Waals surface area contributed by atoms with Crippen LogP contribution in [-0.2, 0) is 4.79 Å². The van der Waals surface area contributed by atoms with Crippen molar-refractivity contribution in [2.24, 2.45) is 0 Å². The van der Waals surface area contributed by atoms with E-state index in [4.69, 9.17) is 12.2 Å². The molecule has 1 fully saturated rings. The smallest absolute Gasteiger partial charge is 0.224 e. The molecular weight excluding hydrogens is 158 g/mol. The summed E-state index contributed by atoms with van der Waals surface area (Å²) >= 11 is 5.10. The summed E-state index contributed by atoms with van der Waals surface area (Å²) in [5.74, 6) is 0.0944. The molecule has 11 heavy (non-hydrogen) atoms. The van der Waals surface area contributed by atoms with E-state index in [1.165, 1.54) is 6.42 Å². The second-order valence-electron chi connectivity index (χ2n) is 2.88. The third-order valence-electron chi connectivity index (χ3n) is 1.95. The summed E-state index contributed by atoms with van der Waals surface area (Å²) in [4.78, 5) is 13.6. The summed E-state index contributed by atoms with van der Waals surface area (Å²) in [6.07, 6.45) is 4.35. The van der Waals surface area contributed by atoms with E-state index in [0.717, 1.165) is 30.8 Å². The minimum absolute atomic E-state index is 0.0944. The molecule has 0 aromatic carbocycles. The molecule has 3 heteroatoms. The second-order valence-corrected chi connectivity index (χ2v) is 3.35.